The van der Waals surface area contributed by atoms with E-state index < -0.39 is 23.5 Å². The number of hydrogen-bond donors (Lipinski definition) is 2. The zero-order chi connectivity index (χ0) is 10.0. The minimum Gasteiger partial charge on any atom is -0.404 e. The van der Waals surface area contributed by atoms with Crippen molar-refractivity contribution in [3.05, 3.63) is 23.8 Å². The molecule has 0 aliphatic heterocycles. The van der Waals surface area contributed by atoms with Gasteiger partial charge in [-0.15, -0.1) is 0 Å². The summed E-state index contributed by atoms with van der Waals surface area (Å²) in [6, 6.07) is 1.64. The highest BCUT2D eigenvalue weighted by atomic mass is 19.1. The monoisotopic (exact) mass is 188 g/mol. The summed E-state index contributed by atoms with van der Waals surface area (Å²) in [7, 11) is 0. The first-order valence-electron chi connectivity index (χ1n) is 3.22. The first-order valence-corrected chi connectivity index (χ1v) is 3.22. The molecule has 0 fully saturated rings. The molecule has 1 aromatic carbocycles. The molecule has 0 saturated heterocycles. The first kappa shape index (κ1) is 9.24. The van der Waals surface area contributed by atoms with Gasteiger partial charge in [-0.25, -0.2) is 13.6 Å². The Hall–Kier alpha value is -1.85. The van der Waals surface area contributed by atoms with Crippen LogP contribution in [-0.4, -0.2) is 6.09 Å². The molecule has 70 valence electrons. The molecule has 0 aliphatic rings. The lowest BCUT2D eigenvalue weighted by Gasteiger charge is -2.04. The van der Waals surface area contributed by atoms with Gasteiger partial charge in [0.05, 0.1) is 0 Å². The number of primary amides is 1. The number of benzene rings is 1. The van der Waals surface area contributed by atoms with Gasteiger partial charge in [0, 0.05) is 17.8 Å². The van der Waals surface area contributed by atoms with Crippen molar-refractivity contribution in [3.8, 4) is 5.75 Å². The molecule has 0 unspecified atom stereocenters. The van der Waals surface area contributed by atoms with E-state index in [1.54, 1.807) is 0 Å². The number of anilines is 1. The van der Waals surface area contributed by atoms with E-state index in [2.05, 4.69) is 10.5 Å². The summed E-state index contributed by atoms with van der Waals surface area (Å²) in [4.78, 5) is 10.2. The third-order valence-corrected chi connectivity index (χ3v) is 1.22. The van der Waals surface area contributed by atoms with Gasteiger partial charge >= 0.3 is 6.09 Å². The number of amides is 1. The molecule has 1 amide bonds. The number of nitrogens with two attached hydrogens (primary N) is 2. The first-order chi connectivity index (χ1) is 6.00. The molecule has 4 nitrogen and oxygen atoms in total. The van der Waals surface area contributed by atoms with Crippen LogP contribution < -0.4 is 16.2 Å². The van der Waals surface area contributed by atoms with E-state index in [0.29, 0.717) is 0 Å². The molecule has 4 N–H and O–H groups in total. The Labute approximate surface area is 72.1 Å². The molecular formula is C7H6F2N2O2. The highest BCUT2D eigenvalue weighted by Gasteiger charge is 2.13. The Morgan fingerprint density at radius 3 is 2.15 bits per heavy atom. The summed E-state index contributed by atoms with van der Waals surface area (Å²) in [5.74, 6) is -2.99. The van der Waals surface area contributed by atoms with Gasteiger partial charge in [-0.2, -0.15) is 0 Å². The Morgan fingerprint density at radius 1 is 1.31 bits per heavy atom. The molecule has 0 radical (unpaired) electrons. The molecule has 1 rings (SSSR count). The fraction of sp³-hybridized carbons (Fsp3) is 0. The highest BCUT2D eigenvalue weighted by molar-refractivity contribution is 5.68. The average Bonchev–Trinajstić information content (AvgIpc) is 1.96. The third-order valence-electron chi connectivity index (χ3n) is 1.22. The maximum Gasteiger partial charge on any atom is 0.410 e. The smallest absolute Gasteiger partial charge is 0.404 e. The SMILES string of the molecule is NC(=O)Oc1c(F)cc(N)cc1F. The summed E-state index contributed by atoms with van der Waals surface area (Å²) in [5.41, 5.74) is 9.58. The zero-order valence-corrected chi connectivity index (χ0v) is 6.38. The van der Waals surface area contributed by atoms with E-state index in [9.17, 15) is 13.6 Å². The second-order valence-corrected chi connectivity index (χ2v) is 2.23. The molecule has 0 aliphatic carbocycles. The van der Waals surface area contributed by atoms with Crippen LogP contribution in [0.1, 0.15) is 0 Å². The number of halogens is 2. The van der Waals surface area contributed by atoms with Crippen LogP contribution in [0, 0.1) is 11.6 Å². The number of carbonyl (C=O) groups is 1. The standard InChI is InChI=1S/C7H6F2N2O2/c8-4-1-3(10)2-5(9)6(4)13-7(11)12/h1-2H,10H2,(H2,11,12). The summed E-state index contributed by atoms with van der Waals surface area (Å²) >= 11 is 0. The topological polar surface area (TPSA) is 78.3 Å². The molecule has 1 aromatic rings. The third kappa shape index (κ3) is 2.05. The fourth-order valence-electron chi connectivity index (χ4n) is 0.778. The van der Waals surface area contributed by atoms with Gasteiger partial charge in [0.2, 0.25) is 5.75 Å². The van der Waals surface area contributed by atoms with Crippen molar-refractivity contribution in [3.63, 3.8) is 0 Å². The Morgan fingerprint density at radius 2 is 1.77 bits per heavy atom. The van der Waals surface area contributed by atoms with Crippen molar-refractivity contribution in [2.75, 3.05) is 5.73 Å². The molecule has 0 saturated carbocycles. The van der Waals surface area contributed by atoms with E-state index in [-0.39, 0.29) is 5.69 Å². The lowest BCUT2D eigenvalue weighted by molar-refractivity contribution is 0.206. The maximum absolute atomic E-state index is 12.8. The van der Waals surface area contributed by atoms with Crippen LogP contribution in [0.5, 0.6) is 5.75 Å². The van der Waals surface area contributed by atoms with Crippen molar-refractivity contribution < 1.29 is 18.3 Å². The van der Waals surface area contributed by atoms with Crippen molar-refractivity contribution >= 4 is 11.8 Å². The lowest BCUT2D eigenvalue weighted by Crippen LogP contribution is -2.17. The number of nitrogen functional groups attached to an aromatic ring is 1. The molecule has 6 heteroatoms. The maximum atomic E-state index is 12.8. The van der Waals surface area contributed by atoms with E-state index in [1.807, 2.05) is 0 Å². The summed E-state index contributed by atoms with van der Waals surface area (Å²) in [6.45, 7) is 0. The van der Waals surface area contributed by atoms with Crippen LogP contribution in [0.3, 0.4) is 0 Å². The zero-order valence-electron chi connectivity index (χ0n) is 6.38. The molecule has 0 aromatic heterocycles. The predicted molar refractivity (Wildman–Crippen MR) is 41.0 cm³/mol. The number of rotatable bonds is 1. The molecule has 0 heterocycles. The normalized spacial score (nSPS) is 9.69. The average molecular weight is 188 g/mol. The van der Waals surface area contributed by atoms with Crippen molar-refractivity contribution in [1.29, 1.82) is 0 Å². The van der Waals surface area contributed by atoms with E-state index >= 15 is 0 Å². The fourth-order valence-corrected chi connectivity index (χ4v) is 0.778. The van der Waals surface area contributed by atoms with Gasteiger partial charge in [0.1, 0.15) is 0 Å². The minimum atomic E-state index is -1.29. The van der Waals surface area contributed by atoms with Crippen molar-refractivity contribution in [1.82, 2.24) is 0 Å². The van der Waals surface area contributed by atoms with E-state index in [1.165, 1.54) is 0 Å². The second-order valence-electron chi connectivity index (χ2n) is 2.23. The molecule has 0 bridgehead atoms. The number of ether oxygens (including phenoxy) is 1. The minimum absolute atomic E-state index is 0.105. The van der Waals surface area contributed by atoms with Crippen LogP contribution in [0.4, 0.5) is 19.3 Å². The summed E-state index contributed by atoms with van der Waals surface area (Å²) in [5, 5.41) is 0. The summed E-state index contributed by atoms with van der Waals surface area (Å²) in [6.07, 6.45) is -1.29. The lowest BCUT2D eigenvalue weighted by atomic mass is 10.3. The van der Waals surface area contributed by atoms with Crippen LogP contribution >= 0.6 is 0 Å². The van der Waals surface area contributed by atoms with E-state index in [0.717, 1.165) is 12.1 Å². The van der Waals surface area contributed by atoms with Crippen molar-refractivity contribution in [2.45, 2.75) is 0 Å². The Kier molecular flexibility index (Phi) is 2.32. The van der Waals surface area contributed by atoms with Gasteiger partial charge in [-0.05, 0) is 0 Å². The summed E-state index contributed by atoms with van der Waals surface area (Å²) < 4.78 is 29.7. The molecule has 13 heavy (non-hydrogen) atoms. The van der Waals surface area contributed by atoms with Crippen LogP contribution in [0.25, 0.3) is 0 Å². The van der Waals surface area contributed by atoms with Crippen molar-refractivity contribution in [2.24, 2.45) is 5.73 Å². The van der Waals surface area contributed by atoms with Crippen LogP contribution in [0.15, 0.2) is 12.1 Å². The van der Waals surface area contributed by atoms with Gasteiger partial charge in [-0.1, -0.05) is 0 Å². The van der Waals surface area contributed by atoms with Gasteiger partial charge in [0.15, 0.2) is 11.6 Å². The molecular weight excluding hydrogens is 182 g/mol. The second kappa shape index (κ2) is 3.26. The van der Waals surface area contributed by atoms with Crippen LogP contribution in [0.2, 0.25) is 0 Å². The van der Waals surface area contributed by atoms with Gasteiger partial charge < -0.3 is 16.2 Å². The Balaban J connectivity index is 3.13. The molecule has 0 atom stereocenters. The predicted octanol–water partition coefficient (Wildman–Crippen LogP) is 1.00. The highest BCUT2D eigenvalue weighted by Crippen LogP contribution is 2.23. The largest absolute Gasteiger partial charge is 0.410 e. The van der Waals surface area contributed by atoms with E-state index in [4.69, 9.17) is 5.73 Å². The number of carbonyl (C=O) groups excluding carboxylic acids is 1. The molecule has 0 spiro atoms. The van der Waals surface area contributed by atoms with Gasteiger partial charge in [-0.3, -0.25) is 0 Å². The number of hydrogen-bond acceptors (Lipinski definition) is 3. The van der Waals surface area contributed by atoms with Gasteiger partial charge in [0.25, 0.3) is 0 Å². The quantitative estimate of drug-likeness (QED) is 0.645. The van der Waals surface area contributed by atoms with Crippen LogP contribution in [-0.2, 0) is 0 Å². The Bertz CT molecular complexity index is 331.